The average molecular weight is 310 g/mol. The molecule has 1 fully saturated rings. The van der Waals surface area contributed by atoms with Gasteiger partial charge in [-0.15, -0.1) is 0 Å². The van der Waals surface area contributed by atoms with E-state index in [1.807, 2.05) is 19.1 Å². The Balaban J connectivity index is 2.19. The minimum Gasteiger partial charge on any atom is -0.313 e. The SMILES string of the molecule is CCNCc1ccc(S(=O)(=O)N2CCCC(C)C2C)cc1. The maximum Gasteiger partial charge on any atom is 0.243 e. The highest BCUT2D eigenvalue weighted by molar-refractivity contribution is 7.89. The first kappa shape index (κ1) is 16.5. The number of benzene rings is 1. The second-order valence-corrected chi connectivity index (χ2v) is 7.79. The molecule has 1 aliphatic rings. The van der Waals surface area contributed by atoms with Crippen LogP contribution in [0.1, 0.15) is 39.2 Å². The van der Waals surface area contributed by atoms with Crippen molar-refractivity contribution in [1.82, 2.24) is 9.62 Å². The first-order valence-electron chi connectivity index (χ1n) is 7.78. The summed E-state index contributed by atoms with van der Waals surface area (Å²) in [6.45, 7) is 8.51. The van der Waals surface area contributed by atoms with Gasteiger partial charge in [0, 0.05) is 19.1 Å². The summed E-state index contributed by atoms with van der Waals surface area (Å²) in [5.41, 5.74) is 1.11. The molecule has 0 bridgehead atoms. The molecule has 0 radical (unpaired) electrons. The molecule has 2 atom stereocenters. The number of nitrogens with zero attached hydrogens (tertiary/aromatic N) is 1. The molecule has 0 amide bonds. The topological polar surface area (TPSA) is 49.4 Å². The molecule has 0 saturated carbocycles. The molecule has 0 spiro atoms. The summed E-state index contributed by atoms with van der Waals surface area (Å²) < 4.78 is 27.2. The van der Waals surface area contributed by atoms with Crippen LogP contribution in [0.2, 0.25) is 0 Å². The summed E-state index contributed by atoms with van der Waals surface area (Å²) in [6.07, 6.45) is 2.05. The van der Waals surface area contributed by atoms with Gasteiger partial charge in [0.1, 0.15) is 0 Å². The van der Waals surface area contributed by atoms with Gasteiger partial charge in [-0.3, -0.25) is 0 Å². The lowest BCUT2D eigenvalue weighted by Gasteiger charge is -2.36. The van der Waals surface area contributed by atoms with E-state index in [9.17, 15) is 8.42 Å². The van der Waals surface area contributed by atoms with Gasteiger partial charge in [0.05, 0.1) is 4.90 Å². The van der Waals surface area contributed by atoms with Crippen molar-refractivity contribution in [1.29, 1.82) is 0 Å². The monoisotopic (exact) mass is 310 g/mol. The first-order valence-corrected chi connectivity index (χ1v) is 9.22. The Morgan fingerprint density at radius 2 is 1.90 bits per heavy atom. The highest BCUT2D eigenvalue weighted by Gasteiger charge is 2.34. The summed E-state index contributed by atoms with van der Waals surface area (Å²) in [4.78, 5) is 0.406. The van der Waals surface area contributed by atoms with E-state index in [0.29, 0.717) is 17.4 Å². The zero-order valence-corrected chi connectivity index (χ0v) is 14.0. The van der Waals surface area contributed by atoms with E-state index in [4.69, 9.17) is 0 Å². The number of hydrogen-bond donors (Lipinski definition) is 1. The highest BCUT2D eigenvalue weighted by Crippen LogP contribution is 2.28. The number of piperidine rings is 1. The highest BCUT2D eigenvalue weighted by atomic mass is 32.2. The molecular weight excluding hydrogens is 284 g/mol. The van der Waals surface area contributed by atoms with Crippen LogP contribution in [0, 0.1) is 5.92 Å². The van der Waals surface area contributed by atoms with E-state index in [-0.39, 0.29) is 6.04 Å². The van der Waals surface area contributed by atoms with Crippen molar-refractivity contribution in [2.75, 3.05) is 13.1 Å². The van der Waals surface area contributed by atoms with Crippen LogP contribution in [0.15, 0.2) is 29.2 Å². The Hall–Kier alpha value is -0.910. The maximum atomic E-state index is 12.8. The van der Waals surface area contributed by atoms with Crippen molar-refractivity contribution < 1.29 is 8.42 Å². The first-order chi connectivity index (χ1) is 9.96. The van der Waals surface area contributed by atoms with E-state index >= 15 is 0 Å². The molecule has 1 saturated heterocycles. The number of rotatable bonds is 5. The molecule has 1 aromatic rings. The Labute approximate surface area is 128 Å². The zero-order chi connectivity index (χ0) is 15.5. The van der Waals surface area contributed by atoms with Crippen molar-refractivity contribution in [3.63, 3.8) is 0 Å². The summed E-state index contributed by atoms with van der Waals surface area (Å²) in [6, 6.07) is 7.33. The molecule has 1 aliphatic heterocycles. The van der Waals surface area contributed by atoms with E-state index in [2.05, 4.69) is 19.2 Å². The number of hydrogen-bond acceptors (Lipinski definition) is 3. The second-order valence-electron chi connectivity index (χ2n) is 5.90. The van der Waals surface area contributed by atoms with Gasteiger partial charge < -0.3 is 5.32 Å². The Bertz CT molecular complexity index is 554. The van der Waals surface area contributed by atoms with Crippen LogP contribution in [0.3, 0.4) is 0 Å². The van der Waals surface area contributed by atoms with E-state index in [0.717, 1.165) is 31.5 Å². The number of sulfonamides is 1. The summed E-state index contributed by atoms with van der Waals surface area (Å²) >= 11 is 0. The van der Waals surface area contributed by atoms with Gasteiger partial charge >= 0.3 is 0 Å². The molecule has 5 heteroatoms. The lowest BCUT2D eigenvalue weighted by molar-refractivity contribution is 0.202. The lowest BCUT2D eigenvalue weighted by atomic mass is 9.94. The van der Waals surface area contributed by atoms with Gasteiger partial charge in [-0.25, -0.2) is 8.42 Å². The van der Waals surface area contributed by atoms with Crippen LogP contribution in [0.4, 0.5) is 0 Å². The zero-order valence-electron chi connectivity index (χ0n) is 13.2. The standard InChI is InChI=1S/C16H26N2O2S/c1-4-17-12-15-7-9-16(10-8-15)21(19,20)18-11-5-6-13(2)14(18)3/h7-10,13-14,17H,4-6,11-12H2,1-3H3. The molecule has 0 aliphatic carbocycles. The largest absolute Gasteiger partial charge is 0.313 e. The van der Waals surface area contributed by atoms with Crippen molar-refractivity contribution in [2.45, 2.75) is 51.1 Å². The molecule has 1 aromatic carbocycles. The van der Waals surface area contributed by atoms with Gasteiger partial charge in [-0.1, -0.05) is 26.0 Å². The molecule has 21 heavy (non-hydrogen) atoms. The number of nitrogens with one attached hydrogen (secondary N) is 1. The summed E-state index contributed by atoms with van der Waals surface area (Å²) in [7, 11) is -3.37. The molecule has 2 rings (SSSR count). The smallest absolute Gasteiger partial charge is 0.243 e. The van der Waals surface area contributed by atoms with Crippen LogP contribution in [-0.4, -0.2) is 31.9 Å². The van der Waals surface area contributed by atoms with Gasteiger partial charge in [0.2, 0.25) is 10.0 Å². The molecule has 0 aromatic heterocycles. The van der Waals surface area contributed by atoms with Gasteiger partial charge in [0.25, 0.3) is 0 Å². The third-order valence-corrected chi connectivity index (χ3v) is 6.43. The lowest BCUT2D eigenvalue weighted by Crippen LogP contribution is -2.45. The Kier molecular flexibility index (Phi) is 5.41. The maximum absolute atomic E-state index is 12.8. The molecular formula is C16H26N2O2S. The van der Waals surface area contributed by atoms with Crippen molar-refractivity contribution in [3.05, 3.63) is 29.8 Å². The van der Waals surface area contributed by atoms with E-state index in [1.54, 1.807) is 16.4 Å². The van der Waals surface area contributed by atoms with E-state index in [1.165, 1.54) is 0 Å². The third kappa shape index (κ3) is 3.65. The fraction of sp³-hybridized carbons (Fsp3) is 0.625. The molecule has 4 nitrogen and oxygen atoms in total. The Morgan fingerprint density at radius 1 is 1.24 bits per heavy atom. The van der Waals surface area contributed by atoms with Gasteiger partial charge in [0.15, 0.2) is 0 Å². The van der Waals surface area contributed by atoms with Crippen LogP contribution in [0.5, 0.6) is 0 Å². The van der Waals surface area contributed by atoms with Crippen LogP contribution in [-0.2, 0) is 16.6 Å². The Morgan fingerprint density at radius 3 is 2.52 bits per heavy atom. The molecule has 2 unspecified atom stereocenters. The quantitative estimate of drug-likeness (QED) is 0.909. The average Bonchev–Trinajstić information content (AvgIpc) is 2.48. The summed E-state index contributed by atoms with van der Waals surface area (Å²) in [5.74, 6) is 0.418. The van der Waals surface area contributed by atoms with E-state index < -0.39 is 10.0 Å². The van der Waals surface area contributed by atoms with Crippen molar-refractivity contribution in [3.8, 4) is 0 Å². The van der Waals surface area contributed by atoms with Crippen LogP contribution < -0.4 is 5.32 Å². The van der Waals surface area contributed by atoms with Crippen molar-refractivity contribution >= 4 is 10.0 Å². The van der Waals surface area contributed by atoms with Crippen molar-refractivity contribution in [2.24, 2.45) is 5.92 Å². The van der Waals surface area contributed by atoms with Gasteiger partial charge in [-0.2, -0.15) is 4.31 Å². The van der Waals surface area contributed by atoms with Crippen LogP contribution >= 0.6 is 0 Å². The minimum absolute atomic E-state index is 0.0742. The second kappa shape index (κ2) is 6.90. The molecule has 1 N–H and O–H groups in total. The normalized spacial score (nSPS) is 24.1. The predicted octanol–water partition coefficient (Wildman–Crippen LogP) is 2.61. The molecule has 1 heterocycles. The van der Waals surface area contributed by atoms with Gasteiger partial charge in [-0.05, 0) is 49.9 Å². The fourth-order valence-electron chi connectivity index (χ4n) is 2.82. The fourth-order valence-corrected chi connectivity index (χ4v) is 4.59. The predicted molar refractivity (Wildman–Crippen MR) is 85.6 cm³/mol. The molecule has 118 valence electrons. The van der Waals surface area contributed by atoms with Crippen LogP contribution in [0.25, 0.3) is 0 Å². The summed E-state index contributed by atoms with van der Waals surface area (Å²) in [5, 5.41) is 3.24. The minimum atomic E-state index is -3.37. The third-order valence-electron chi connectivity index (χ3n) is 4.42.